The van der Waals surface area contributed by atoms with Crippen LogP contribution in [0.25, 0.3) is 12.2 Å². The summed E-state index contributed by atoms with van der Waals surface area (Å²) in [6, 6.07) is 7.48. The van der Waals surface area contributed by atoms with Crippen LogP contribution in [0, 0.1) is 11.3 Å². The first-order valence-electron chi connectivity index (χ1n) is 7.19. The highest BCUT2D eigenvalue weighted by Gasteiger charge is 2.06. The Balaban J connectivity index is 2.52. The first kappa shape index (κ1) is 16.8. The summed E-state index contributed by atoms with van der Waals surface area (Å²) in [5.74, 6) is 1.31. The Morgan fingerprint density at radius 2 is 2.17 bits per heavy atom. The summed E-state index contributed by atoms with van der Waals surface area (Å²) in [4.78, 5) is 12.2. The lowest BCUT2D eigenvalue weighted by atomic mass is 10.2. The van der Waals surface area contributed by atoms with Crippen LogP contribution in [-0.2, 0) is 7.05 Å². The van der Waals surface area contributed by atoms with Crippen molar-refractivity contribution in [2.24, 2.45) is 7.05 Å². The summed E-state index contributed by atoms with van der Waals surface area (Å²) in [5, 5.41) is 8.76. The van der Waals surface area contributed by atoms with Crippen LogP contribution >= 0.6 is 11.3 Å². The molecule has 2 rings (SSSR count). The van der Waals surface area contributed by atoms with Gasteiger partial charge in [-0.15, -0.1) is 11.3 Å². The molecular formula is C17H18N2O3S. The Hall–Kier alpha value is -2.52. The van der Waals surface area contributed by atoms with Crippen molar-refractivity contribution >= 4 is 23.5 Å². The van der Waals surface area contributed by atoms with Crippen LogP contribution in [0.3, 0.4) is 0 Å². The molecule has 1 aromatic carbocycles. The third-order valence-electron chi connectivity index (χ3n) is 3.20. The quantitative estimate of drug-likeness (QED) is 0.831. The molecule has 0 bridgehead atoms. The van der Waals surface area contributed by atoms with E-state index < -0.39 is 0 Å². The van der Waals surface area contributed by atoms with Crippen molar-refractivity contribution in [3.8, 4) is 17.6 Å². The van der Waals surface area contributed by atoms with Gasteiger partial charge >= 0.3 is 0 Å². The fraction of sp³-hybridized carbons (Fsp3) is 0.294. The third-order valence-corrected chi connectivity index (χ3v) is 4.31. The number of nitriles is 1. The van der Waals surface area contributed by atoms with Crippen molar-refractivity contribution in [2.75, 3.05) is 13.7 Å². The maximum absolute atomic E-state index is 12.2. The van der Waals surface area contributed by atoms with Crippen LogP contribution < -0.4 is 24.2 Å². The van der Waals surface area contributed by atoms with E-state index in [9.17, 15) is 4.79 Å². The first-order valence-corrected chi connectivity index (χ1v) is 8.00. The van der Waals surface area contributed by atoms with Crippen molar-refractivity contribution in [1.29, 1.82) is 5.26 Å². The number of hydrogen-bond donors (Lipinski definition) is 0. The summed E-state index contributed by atoms with van der Waals surface area (Å²) < 4.78 is 13.6. The highest BCUT2D eigenvalue weighted by molar-refractivity contribution is 7.07. The molecule has 0 saturated heterocycles. The molecule has 0 saturated carbocycles. The Kier molecular flexibility index (Phi) is 5.61. The van der Waals surface area contributed by atoms with Gasteiger partial charge in [0.25, 0.3) is 5.56 Å². The second-order valence-corrected chi connectivity index (χ2v) is 5.91. The van der Waals surface area contributed by atoms with E-state index >= 15 is 0 Å². The molecule has 23 heavy (non-hydrogen) atoms. The number of benzene rings is 1. The lowest BCUT2D eigenvalue weighted by molar-refractivity contribution is 0.294. The average molecular weight is 330 g/mol. The number of rotatable bonds is 5. The molecule has 0 spiro atoms. The van der Waals surface area contributed by atoms with Crippen LogP contribution in [0.1, 0.15) is 18.9 Å². The van der Waals surface area contributed by atoms with Crippen molar-refractivity contribution in [3.63, 3.8) is 0 Å². The van der Waals surface area contributed by atoms with Crippen molar-refractivity contribution in [2.45, 2.75) is 13.3 Å². The minimum Gasteiger partial charge on any atom is -0.493 e. The zero-order chi connectivity index (χ0) is 16.8. The third kappa shape index (κ3) is 3.82. The zero-order valence-electron chi connectivity index (χ0n) is 13.3. The lowest BCUT2D eigenvalue weighted by Crippen LogP contribution is -2.28. The number of aromatic nitrogens is 1. The van der Waals surface area contributed by atoms with Gasteiger partial charge in [0.05, 0.1) is 24.3 Å². The molecule has 0 radical (unpaired) electrons. The second-order valence-electron chi connectivity index (χ2n) is 4.85. The van der Waals surface area contributed by atoms with E-state index in [0.29, 0.717) is 27.3 Å². The molecule has 0 amide bonds. The van der Waals surface area contributed by atoms with Gasteiger partial charge in [-0.2, -0.15) is 5.26 Å². The predicted molar refractivity (Wildman–Crippen MR) is 91.2 cm³/mol. The van der Waals surface area contributed by atoms with Gasteiger partial charge in [0, 0.05) is 13.1 Å². The molecule has 5 nitrogen and oxygen atoms in total. The van der Waals surface area contributed by atoms with Crippen LogP contribution in [0.4, 0.5) is 0 Å². The number of ether oxygens (including phenoxy) is 2. The summed E-state index contributed by atoms with van der Waals surface area (Å²) in [6.45, 7) is 2.63. The van der Waals surface area contributed by atoms with E-state index in [1.165, 1.54) is 22.0 Å². The fourth-order valence-electron chi connectivity index (χ4n) is 2.02. The fourth-order valence-corrected chi connectivity index (χ4v) is 3.00. The molecule has 1 heterocycles. The summed E-state index contributed by atoms with van der Waals surface area (Å²) in [6.07, 6.45) is 4.06. The number of hydrogen-bond acceptors (Lipinski definition) is 5. The predicted octanol–water partition coefficient (Wildman–Crippen LogP) is 1.38. The van der Waals surface area contributed by atoms with Crippen LogP contribution in [-0.4, -0.2) is 18.3 Å². The molecule has 0 fully saturated rings. The molecular weight excluding hydrogens is 312 g/mol. The van der Waals surface area contributed by atoms with Crippen LogP contribution in [0.15, 0.2) is 23.0 Å². The minimum absolute atomic E-state index is 0.122. The SMILES string of the molecule is CCCOc1cc(/C=c2\s/c(=C\C#N)n(C)c2=O)ccc1OC. The molecule has 0 atom stereocenters. The Bertz CT molecular complexity index is 903. The van der Waals surface area contributed by atoms with Gasteiger partial charge in [-0.3, -0.25) is 4.79 Å². The Morgan fingerprint density at radius 3 is 2.83 bits per heavy atom. The number of methoxy groups -OCH3 is 1. The van der Waals surface area contributed by atoms with E-state index in [2.05, 4.69) is 0 Å². The molecule has 0 aliphatic heterocycles. The smallest absolute Gasteiger partial charge is 0.268 e. The molecule has 1 aromatic heterocycles. The monoisotopic (exact) mass is 330 g/mol. The van der Waals surface area contributed by atoms with Gasteiger partial charge in [0.1, 0.15) is 4.66 Å². The van der Waals surface area contributed by atoms with E-state index in [0.717, 1.165) is 12.0 Å². The molecule has 0 N–H and O–H groups in total. The van der Waals surface area contributed by atoms with Gasteiger partial charge in [-0.1, -0.05) is 13.0 Å². The second kappa shape index (κ2) is 7.65. The summed E-state index contributed by atoms with van der Waals surface area (Å²) in [7, 11) is 3.25. The molecule has 0 unspecified atom stereocenters. The maximum Gasteiger partial charge on any atom is 0.268 e. The highest BCUT2D eigenvalue weighted by Crippen LogP contribution is 2.28. The lowest BCUT2D eigenvalue weighted by Gasteiger charge is -2.10. The Morgan fingerprint density at radius 1 is 1.39 bits per heavy atom. The van der Waals surface area contributed by atoms with Gasteiger partial charge in [0.2, 0.25) is 0 Å². The maximum atomic E-state index is 12.2. The standard InChI is InChI=1S/C17H18N2O3S/c1-4-9-22-14-10-12(5-6-13(14)21-3)11-15-17(20)19(2)16(23-15)7-8-18/h5-7,10-11H,4,9H2,1-3H3/b15-11-,16-7-. The van der Waals surface area contributed by atoms with E-state index in [4.69, 9.17) is 14.7 Å². The van der Waals surface area contributed by atoms with Crippen LogP contribution in [0.2, 0.25) is 0 Å². The van der Waals surface area contributed by atoms with Crippen LogP contribution in [0.5, 0.6) is 11.5 Å². The van der Waals surface area contributed by atoms with E-state index in [-0.39, 0.29) is 5.56 Å². The van der Waals surface area contributed by atoms with Gasteiger partial charge < -0.3 is 14.0 Å². The van der Waals surface area contributed by atoms with E-state index in [1.54, 1.807) is 20.2 Å². The van der Waals surface area contributed by atoms with Gasteiger partial charge in [-0.25, -0.2) is 0 Å². The van der Waals surface area contributed by atoms with Gasteiger partial charge in [-0.05, 0) is 30.2 Å². The first-order chi connectivity index (χ1) is 11.1. The normalized spacial score (nSPS) is 12.3. The number of thiazole rings is 1. The molecule has 0 aliphatic carbocycles. The molecule has 0 aliphatic rings. The summed E-state index contributed by atoms with van der Waals surface area (Å²) in [5.41, 5.74) is 0.725. The Labute approximate surface area is 138 Å². The molecule has 6 heteroatoms. The van der Waals surface area contributed by atoms with Gasteiger partial charge in [0.15, 0.2) is 11.5 Å². The molecule has 120 valence electrons. The van der Waals surface area contributed by atoms with Crippen molar-refractivity contribution in [3.05, 3.63) is 43.3 Å². The average Bonchev–Trinajstić information content (AvgIpc) is 2.81. The zero-order valence-corrected chi connectivity index (χ0v) is 14.1. The van der Waals surface area contributed by atoms with E-state index in [1.807, 2.05) is 31.2 Å². The number of nitrogens with zero attached hydrogens (tertiary/aromatic N) is 2. The van der Waals surface area contributed by atoms with Crippen molar-refractivity contribution in [1.82, 2.24) is 4.57 Å². The summed E-state index contributed by atoms with van der Waals surface area (Å²) >= 11 is 1.28. The topological polar surface area (TPSA) is 64.2 Å². The highest BCUT2D eigenvalue weighted by atomic mass is 32.1. The molecule has 2 aromatic rings. The largest absolute Gasteiger partial charge is 0.493 e. The minimum atomic E-state index is -0.122. The van der Waals surface area contributed by atoms with Crippen molar-refractivity contribution < 1.29 is 9.47 Å².